The predicted molar refractivity (Wildman–Crippen MR) is 66.7 cm³/mol. The molecule has 4 heteroatoms. The van der Waals surface area contributed by atoms with Crippen LogP contribution < -0.4 is 0 Å². The number of carbonyl (C=O) groups is 1. The molecule has 0 bridgehead atoms. The van der Waals surface area contributed by atoms with Crippen molar-refractivity contribution in [2.45, 2.75) is 31.4 Å². The van der Waals surface area contributed by atoms with Crippen LogP contribution >= 0.6 is 12.6 Å². The zero-order valence-electron chi connectivity index (χ0n) is 9.89. The maximum absolute atomic E-state index is 12.1. The second-order valence-electron chi connectivity index (χ2n) is 4.96. The topological polar surface area (TPSA) is 29.5 Å². The second-order valence-corrected chi connectivity index (χ2v) is 5.78. The van der Waals surface area contributed by atoms with Crippen molar-refractivity contribution >= 4 is 18.5 Å². The van der Waals surface area contributed by atoms with Gasteiger partial charge in [0.25, 0.3) is 0 Å². The molecular formula is C12H21NO2S. The fraction of sp³-hybridized carbons (Fsp3) is 0.917. The van der Waals surface area contributed by atoms with E-state index in [2.05, 4.69) is 19.6 Å². The van der Waals surface area contributed by atoms with E-state index in [0.29, 0.717) is 23.7 Å². The van der Waals surface area contributed by atoms with Gasteiger partial charge in [-0.15, -0.1) is 0 Å². The number of piperidine rings is 1. The molecule has 16 heavy (non-hydrogen) atoms. The summed E-state index contributed by atoms with van der Waals surface area (Å²) in [4.78, 5) is 14.1. The lowest BCUT2D eigenvalue weighted by Crippen LogP contribution is -2.43. The Labute approximate surface area is 103 Å². The van der Waals surface area contributed by atoms with E-state index < -0.39 is 0 Å². The van der Waals surface area contributed by atoms with E-state index in [1.165, 1.54) is 0 Å². The van der Waals surface area contributed by atoms with Crippen molar-refractivity contribution in [1.29, 1.82) is 0 Å². The number of ether oxygens (including phenoxy) is 1. The number of nitrogens with zero attached hydrogens (tertiary/aromatic N) is 1. The van der Waals surface area contributed by atoms with Crippen molar-refractivity contribution < 1.29 is 9.53 Å². The molecule has 2 aliphatic heterocycles. The van der Waals surface area contributed by atoms with Crippen LogP contribution in [-0.2, 0) is 9.53 Å². The van der Waals surface area contributed by atoms with E-state index in [1.807, 2.05) is 4.90 Å². The third-order valence-corrected chi connectivity index (χ3v) is 4.23. The Balaban J connectivity index is 1.81. The molecule has 0 aromatic heterocycles. The second kappa shape index (κ2) is 5.41. The lowest BCUT2D eigenvalue weighted by molar-refractivity contribution is -0.136. The van der Waals surface area contributed by atoms with Gasteiger partial charge in [0, 0.05) is 24.9 Å². The molecule has 2 atom stereocenters. The molecule has 0 spiro atoms. The molecule has 3 nitrogen and oxygen atoms in total. The molecule has 2 rings (SSSR count). The molecule has 0 N–H and O–H groups in total. The third kappa shape index (κ3) is 2.72. The highest BCUT2D eigenvalue weighted by atomic mass is 32.1. The Hall–Kier alpha value is -0.220. The van der Waals surface area contributed by atoms with E-state index in [9.17, 15) is 4.79 Å². The van der Waals surface area contributed by atoms with E-state index in [1.54, 1.807) is 0 Å². The number of hydrogen-bond donors (Lipinski definition) is 1. The minimum Gasteiger partial charge on any atom is -0.381 e. The smallest absolute Gasteiger partial charge is 0.228 e. The van der Waals surface area contributed by atoms with E-state index in [-0.39, 0.29) is 5.92 Å². The first-order valence-electron chi connectivity index (χ1n) is 6.23. The van der Waals surface area contributed by atoms with Crippen LogP contribution in [0.2, 0.25) is 0 Å². The molecule has 92 valence electrons. The Morgan fingerprint density at radius 2 is 2.06 bits per heavy atom. The molecule has 0 aliphatic carbocycles. The van der Waals surface area contributed by atoms with Gasteiger partial charge < -0.3 is 9.64 Å². The number of likely N-dealkylation sites (tertiary alicyclic amines) is 1. The Kier molecular flexibility index (Phi) is 4.14. The van der Waals surface area contributed by atoms with Crippen LogP contribution in [0.15, 0.2) is 0 Å². The predicted octanol–water partition coefficient (Wildman–Crippen LogP) is 1.58. The van der Waals surface area contributed by atoms with Crippen LogP contribution in [0, 0.1) is 11.8 Å². The summed E-state index contributed by atoms with van der Waals surface area (Å²) in [5.74, 6) is 1.11. The van der Waals surface area contributed by atoms with Gasteiger partial charge in [0.15, 0.2) is 0 Å². The molecule has 0 saturated carbocycles. The van der Waals surface area contributed by atoms with Gasteiger partial charge in [-0.2, -0.15) is 12.6 Å². The molecule has 2 aliphatic rings. The molecule has 2 heterocycles. The van der Waals surface area contributed by atoms with Crippen LogP contribution in [0.4, 0.5) is 0 Å². The normalized spacial score (nSPS) is 29.4. The highest BCUT2D eigenvalue weighted by Gasteiger charge is 2.31. The summed E-state index contributed by atoms with van der Waals surface area (Å²) in [5, 5.41) is 0.451. The molecule has 0 aromatic rings. The standard InChI is InChI=1S/C12H21NO2S/c1-9(16)10-2-5-13(6-3-10)12(14)11-4-7-15-8-11/h9-11,16H,2-8H2,1H3/t9?,11-/m0/s1. The van der Waals surface area contributed by atoms with Gasteiger partial charge in [-0.05, 0) is 25.2 Å². The number of thiol groups is 1. The molecule has 0 radical (unpaired) electrons. The minimum absolute atomic E-state index is 0.130. The van der Waals surface area contributed by atoms with Gasteiger partial charge in [0.2, 0.25) is 5.91 Å². The lowest BCUT2D eigenvalue weighted by atomic mass is 9.93. The summed E-state index contributed by atoms with van der Waals surface area (Å²) < 4.78 is 5.27. The molecular weight excluding hydrogens is 222 g/mol. The van der Waals surface area contributed by atoms with Crippen molar-refractivity contribution in [2.24, 2.45) is 11.8 Å². The van der Waals surface area contributed by atoms with E-state index in [0.717, 1.165) is 39.0 Å². The maximum atomic E-state index is 12.1. The number of rotatable bonds is 2. The van der Waals surface area contributed by atoms with Crippen molar-refractivity contribution in [3.63, 3.8) is 0 Å². The minimum atomic E-state index is 0.130. The zero-order chi connectivity index (χ0) is 11.5. The van der Waals surface area contributed by atoms with Gasteiger partial charge in [-0.3, -0.25) is 4.79 Å². The monoisotopic (exact) mass is 243 g/mol. The largest absolute Gasteiger partial charge is 0.381 e. The summed E-state index contributed by atoms with van der Waals surface area (Å²) in [6.07, 6.45) is 3.11. The van der Waals surface area contributed by atoms with Crippen molar-refractivity contribution in [3.05, 3.63) is 0 Å². The average Bonchev–Trinajstić information content (AvgIpc) is 2.81. The van der Waals surface area contributed by atoms with E-state index >= 15 is 0 Å². The van der Waals surface area contributed by atoms with Crippen molar-refractivity contribution in [1.82, 2.24) is 4.90 Å². The first kappa shape index (κ1) is 12.2. The van der Waals surface area contributed by atoms with Gasteiger partial charge >= 0.3 is 0 Å². The number of hydrogen-bond acceptors (Lipinski definition) is 3. The Morgan fingerprint density at radius 1 is 1.38 bits per heavy atom. The van der Waals surface area contributed by atoms with Crippen LogP contribution in [-0.4, -0.2) is 42.4 Å². The average molecular weight is 243 g/mol. The first-order valence-corrected chi connectivity index (χ1v) is 6.74. The third-order valence-electron chi connectivity index (χ3n) is 3.81. The lowest BCUT2D eigenvalue weighted by Gasteiger charge is -2.34. The van der Waals surface area contributed by atoms with E-state index in [4.69, 9.17) is 4.74 Å². The number of carbonyl (C=O) groups excluding carboxylic acids is 1. The summed E-state index contributed by atoms with van der Waals surface area (Å²) in [5.41, 5.74) is 0. The highest BCUT2D eigenvalue weighted by Crippen LogP contribution is 2.25. The Bertz CT molecular complexity index is 243. The Morgan fingerprint density at radius 3 is 2.56 bits per heavy atom. The SMILES string of the molecule is CC(S)C1CCN(C(=O)[C@H]2CCOC2)CC1. The van der Waals surface area contributed by atoms with Crippen LogP contribution in [0.3, 0.4) is 0 Å². The van der Waals surface area contributed by atoms with Crippen LogP contribution in [0.25, 0.3) is 0 Å². The van der Waals surface area contributed by atoms with Gasteiger partial charge in [0.05, 0.1) is 12.5 Å². The fourth-order valence-electron chi connectivity index (χ4n) is 2.59. The van der Waals surface area contributed by atoms with Gasteiger partial charge in [0.1, 0.15) is 0 Å². The summed E-state index contributed by atoms with van der Waals surface area (Å²) >= 11 is 4.49. The quantitative estimate of drug-likeness (QED) is 0.746. The molecule has 1 unspecified atom stereocenters. The first-order chi connectivity index (χ1) is 7.68. The van der Waals surface area contributed by atoms with Gasteiger partial charge in [-0.25, -0.2) is 0 Å². The van der Waals surface area contributed by atoms with Gasteiger partial charge in [-0.1, -0.05) is 6.92 Å². The summed E-state index contributed by atoms with van der Waals surface area (Å²) in [7, 11) is 0. The number of amides is 1. The maximum Gasteiger partial charge on any atom is 0.228 e. The van der Waals surface area contributed by atoms with Crippen molar-refractivity contribution in [3.8, 4) is 0 Å². The highest BCUT2D eigenvalue weighted by molar-refractivity contribution is 7.80. The molecule has 2 saturated heterocycles. The van der Waals surface area contributed by atoms with Crippen LogP contribution in [0.1, 0.15) is 26.2 Å². The summed E-state index contributed by atoms with van der Waals surface area (Å²) in [6.45, 7) is 5.34. The fourth-order valence-corrected chi connectivity index (χ4v) is 2.89. The molecule has 1 amide bonds. The summed E-state index contributed by atoms with van der Waals surface area (Å²) in [6, 6.07) is 0. The van der Waals surface area contributed by atoms with Crippen LogP contribution in [0.5, 0.6) is 0 Å². The molecule has 0 aromatic carbocycles. The molecule has 2 fully saturated rings. The van der Waals surface area contributed by atoms with Crippen molar-refractivity contribution in [2.75, 3.05) is 26.3 Å². The zero-order valence-corrected chi connectivity index (χ0v) is 10.8.